The zero-order valence-electron chi connectivity index (χ0n) is 11.4. The lowest BCUT2D eigenvalue weighted by Crippen LogP contribution is -2.06. The smallest absolute Gasteiger partial charge is 0.115 e. The van der Waals surface area contributed by atoms with Crippen LogP contribution in [0.15, 0.2) is 67.6 Å². The topological polar surface area (TPSA) is 38.1 Å². The number of aromatic nitrogens is 2. The van der Waals surface area contributed by atoms with Gasteiger partial charge in [-0.05, 0) is 17.2 Å². The zero-order valence-corrected chi connectivity index (χ0v) is 11.4. The van der Waals surface area contributed by atoms with Crippen LogP contribution in [0.3, 0.4) is 0 Å². The van der Waals surface area contributed by atoms with Gasteiger partial charge in [0.15, 0.2) is 0 Å². The Morgan fingerprint density at radius 2 is 2.00 bits per heavy atom. The number of hydrogen-bond donors (Lipinski definition) is 1. The quantitative estimate of drug-likeness (QED) is 0.560. The van der Waals surface area contributed by atoms with Crippen molar-refractivity contribution in [2.75, 3.05) is 0 Å². The first-order valence-electron chi connectivity index (χ1n) is 6.85. The van der Waals surface area contributed by atoms with Crippen molar-refractivity contribution >= 4 is 5.76 Å². The average molecular weight is 274 g/mol. The van der Waals surface area contributed by atoms with Gasteiger partial charge < -0.3 is 9.67 Å². The van der Waals surface area contributed by atoms with E-state index in [0.29, 0.717) is 0 Å². The monoisotopic (exact) mass is 274 g/mol. The lowest BCUT2D eigenvalue weighted by molar-refractivity contribution is 0.513. The van der Waals surface area contributed by atoms with Crippen molar-refractivity contribution in [3.05, 3.63) is 84.3 Å². The molecule has 0 fully saturated rings. The van der Waals surface area contributed by atoms with Crippen molar-refractivity contribution in [2.45, 2.75) is 6.04 Å². The molecule has 3 heteroatoms. The molecule has 3 nitrogen and oxygen atoms in total. The van der Waals surface area contributed by atoms with E-state index in [1.165, 1.54) is 11.1 Å². The molecular formula is C18H14N2O. The van der Waals surface area contributed by atoms with Gasteiger partial charge in [0, 0.05) is 11.1 Å². The summed E-state index contributed by atoms with van der Waals surface area (Å²) in [4.78, 5) is 4.27. The van der Waals surface area contributed by atoms with E-state index in [2.05, 4.69) is 40.4 Å². The molecule has 0 radical (unpaired) electrons. The van der Waals surface area contributed by atoms with Gasteiger partial charge >= 0.3 is 0 Å². The van der Waals surface area contributed by atoms with Crippen molar-refractivity contribution in [2.24, 2.45) is 0 Å². The zero-order chi connectivity index (χ0) is 14.4. The number of imidazole rings is 1. The van der Waals surface area contributed by atoms with Crippen molar-refractivity contribution in [3.63, 3.8) is 0 Å². The van der Waals surface area contributed by atoms with Crippen LogP contribution in [0.2, 0.25) is 0 Å². The van der Waals surface area contributed by atoms with E-state index in [1.54, 1.807) is 0 Å². The first kappa shape index (κ1) is 12.0. The van der Waals surface area contributed by atoms with E-state index < -0.39 is 0 Å². The fourth-order valence-corrected chi connectivity index (χ4v) is 3.07. The predicted molar refractivity (Wildman–Crippen MR) is 83.0 cm³/mol. The number of hydrogen-bond acceptors (Lipinski definition) is 2. The van der Waals surface area contributed by atoms with Crippen LogP contribution in [-0.2, 0) is 0 Å². The largest absolute Gasteiger partial charge is 0.508 e. The highest BCUT2D eigenvalue weighted by Crippen LogP contribution is 2.42. The summed E-state index contributed by atoms with van der Waals surface area (Å²) in [5.41, 5.74) is 5.47. The molecule has 0 spiro atoms. The summed E-state index contributed by atoms with van der Waals surface area (Å²) < 4.78 is 2.17. The Morgan fingerprint density at radius 3 is 2.86 bits per heavy atom. The number of aliphatic hydroxyl groups excluding tert-OH is 1. The number of benzene rings is 2. The van der Waals surface area contributed by atoms with Gasteiger partial charge in [-0.1, -0.05) is 49.0 Å². The molecular weight excluding hydrogens is 260 g/mol. The summed E-state index contributed by atoms with van der Waals surface area (Å²) >= 11 is 0. The molecule has 0 bridgehead atoms. The molecule has 1 atom stereocenters. The van der Waals surface area contributed by atoms with Crippen LogP contribution in [-0.4, -0.2) is 14.7 Å². The molecule has 1 aromatic heterocycles. The SMILES string of the molecule is C=C(O)c1cccc([C@H]2c3ccccc3-c3cncn32)c1. The van der Waals surface area contributed by atoms with Gasteiger partial charge in [0.1, 0.15) is 5.76 Å². The van der Waals surface area contributed by atoms with E-state index in [4.69, 9.17) is 0 Å². The van der Waals surface area contributed by atoms with Crippen LogP contribution in [0.5, 0.6) is 0 Å². The normalized spacial score (nSPS) is 15.5. The second kappa shape index (κ2) is 4.35. The van der Waals surface area contributed by atoms with Crippen LogP contribution in [0.1, 0.15) is 22.7 Å². The van der Waals surface area contributed by atoms with Gasteiger partial charge in [-0.15, -0.1) is 0 Å². The lowest BCUT2D eigenvalue weighted by atomic mass is 9.96. The minimum atomic E-state index is 0.0917. The van der Waals surface area contributed by atoms with E-state index in [1.807, 2.05) is 36.8 Å². The number of rotatable bonds is 2. The third kappa shape index (κ3) is 1.71. The summed E-state index contributed by atoms with van der Waals surface area (Å²) in [5, 5.41) is 9.63. The highest BCUT2D eigenvalue weighted by Gasteiger charge is 2.29. The second-order valence-corrected chi connectivity index (χ2v) is 5.25. The van der Waals surface area contributed by atoms with Crippen LogP contribution in [0.25, 0.3) is 17.0 Å². The fraction of sp³-hybridized carbons (Fsp3) is 0.0556. The highest BCUT2D eigenvalue weighted by atomic mass is 16.3. The van der Waals surface area contributed by atoms with Gasteiger partial charge in [-0.3, -0.25) is 0 Å². The Bertz CT molecular complexity index is 848. The van der Waals surface area contributed by atoms with Gasteiger partial charge in [0.2, 0.25) is 0 Å². The number of nitrogens with zero attached hydrogens (tertiary/aromatic N) is 2. The minimum absolute atomic E-state index is 0.0917. The Morgan fingerprint density at radius 1 is 1.14 bits per heavy atom. The van der Waals surface area contributed by atoms with Crippen molar-refractivity contribution in [1.29, 1.82) is 0 Å². The lowest BCUT2D eigenvalue weighted by Gasteiger charge is -2.16. The maximum atomic E-state index is 9.63. The molecule has 1 N–H and O–H groups in total. The van der Waals surface area contributed by atoms with Crippen LogP contribution in [0.4, 0.5) is 0 Å². The van der Waals surface area contributed by atoms with E-state index in [9.17, 15) is 5.11 Å². The second-order valence-electron chi connectivity index (χ2n) is 5.25. The highest BCUT2D eigenvalue weighted by molar-refractivity contribution is 5.71. The molecule has 2 heterocycles. The molecule has 0 saturated heterocycles. The molecule has 4 rings (SSSR count). The molecule has 1 aliphatic rings. The van der Waals surface area contributed by atoms with Crippen molar-refractivity contribution in [1.82, 2.24) is 9.55 Å². The van der Waals surface area contributed by atoms with Gasteiger partial charge in [0.05, 0.1) is 24.3 Å². The van der Waals surface area contributed by atoms with Gasteiger partial charge in [-0.2, -0.15) is 0 Å². The predicted octanol–water partition coefficient (Wildman–Crippen LogP) is 4.03. The molecule has 21 heavy (non-hydrogen) atoms. The van der Waals surface area contributed by atoms with Crippen molar-refractivity contribution < 1.29 is 5.11 Å². The van der Waals surface area contributed by atoms with Crippen LogP contribution >= 0.6 is 0 Å². The molecule has 2 aromatic carbocycles. The molecule has 0 amide bonds. The summed E-state index contributed by atoms with van der Waals surface area (Å²) in [5.74, 6) is 0.0917. The molecule has 102 valence electrons. The van der Waals surface area contributed by atoms with Gasteiger partial charge in [0.25, 0.3) is 0 Å². The minimum Gasteiger partial charge on any atom is -0.508 e. The van der Waals surface area contributed by atoms with Crippen LogP contribution in [0, 0.1) is 0 Å². The van der Waals surface area contributed by atoms with Gasteiger partial charge in [-0.25, -0.2) is 4.98 Å². The number of aliphatic hydroxyl groups is 1. The summed E-state index contributed by atoms with van der Waals surface area (Å²) in [6.45, 7) is 3.61. The Balaban J connectivity index is 1.93. The van der Waals surface area contributed by atoms with E-state index in [-0.39, 0.29) is 11.8 Å². The maximum absolute atomic E-state index is 9.63. The maximum Gasteiger partial charge on any atom is 0.115 e. The number of fused-ring (bicyclic) bond motifs is 3. The standard InChI is InChI=1S/C18H14N2O/c1-12(21)13-5-4-6-14(9-13)18-16-8-3-2-7-15(16)17-10-19-11-20(17)18/h2-11,18,21H,1H2/t18-/m0/s1. The fourth-order valence-electron chi connectivity index (χ4n) is 3.07. The average Bonchev–Trinajstić information content (AvgIpc) is 3.07. The first-order valence-corrected chi connectivity index (χ1v) is 6.85. The molecule has 0 saturated carbocycles. The Kier molecular flexibility index (Phi) is 2.48. The first-order chi connectivity index (χ1) is 10.3. The third-order valence-corrected chi connectivity index (χ3v) is 4.01. The Hall–Kier alpha value is -2.81. The third-order valence-electron chi connectivity index (χ3n) is 4.01. The van der Waals surface area contributed by atoms with E-state index in [0.717, 1.165) is 16.8 Å². The molecule has 0 aliphatic carbocycles. The summed E-state index contributed by atoms with van der Waals surface area (Å²) in [7, 11) is 0. The van der Waals surface area contributed by atoms with E-state index >= 15 is 0 Å². The molecule has 0 unspecified atom stereocenters. The molecule has 3 aromatic rings. The molecule has 1 aliphatic heterocycles. The summed E-state index contributed by atoms with van der Waals surface area (Å²) in [6, 6.07) is 16.3. The van der Waals surface area contributed by atoms with Crippen LogP contribution < -0.4 is 0 Å². The Labute approximate surface area is 122 Å². The van der Waals surface area contributed by atoms with Crippen molar-refractivity contribution in [3.8, 4) is 11.3 Å². The summed E-state index contributed by atoms with van der Waals surface area (Å²) in [6.07, 6.45) is 3.76.